The molecule has 0 N–H and O–H groups in total. The third-order valence-electron chi connectivity index (χ3n) is 2.52. The molecule has 5 nitrogen and oxygen atoms in total. The summed E-state index contributed by atoms with van der Waals surface area (Å²) in [5.41, 5.74) is 2.65. The zero-order valence-electron chi connectivity index (χ0n) is 10.3. The van der Waals surface area contributed by atoms with Crippen LogP contribution in [0.15, 0.2) is 18.5 Å². The van der Waals surface area contributed by atoms with E-state index in [1.54, 1.807) is 23.6 Å². The van der Waals surface area contributed by atoms with Crippen molar-refractivity contribution in [2.24, 2.45) is 0 Å². The highest BCUT2D eigenvalue weighted by atomic mass is 16.5. The summed E-state index contributed by atoms with van der Waals surface area (Å²) < 4.78 is 6.62. The maximum absolute atomic E-state index is 11.4. The molecule has 0 amide bonds. The van der Waals surface area contributed by atoms with E-state index in [4.69, 9.17) is 4.74 Å². The van der Waals surface area contributed by atoms with Gasteiger partial charge in [-0.25, -0.2) is 4.98 Å². The predicted molar refractivity (Wildman–Crippen MR) is 65.7 cm³/mol. The second kappa shape index (κ2) is 5.00. The highest BCUT2D eigenvalue weighted by molar-refractivity contribution is 5.84. The molecule has 5 heteroatoms. The molecule has 2 rings (SSSR count). The number of aldehydes is 1. The van der Waals surface area contributed by atoms with Crippen molar-refractivity contribution in [3.63, 3.8) is 0 Å². The number of hydrogen-bond acceptors (Lipinski definition) is 4. The Kier molecular flexibility index (Phi) is 3.41. The fraction of sp³-hybridized carbons (Fsp3) is 0.308. The lowest BCUT2D eigenvalue weighted by molar-refractivity contribution is -0.142. The minimum atomic E-state index is -0.315. The molecule has 2 aromatic heterocycles. The van der Waals surface area contributed by atoms with Crippen LogP contribution in [0.3, 0.4) is 0 Å². The number of rotatable bonds is 4. The van der Waals surface area contributed by atoms with Gasteiger partial charge in [0, 0.05) is 12.4 Å². The SMILES string of the molecule is CCOC(=O)Cc1cn2cc(C)cc(C=O)c2n1. The maximum atomic E-state index is 11.4. The minimum absolute atomic E-state index is 0.118. The lowest BCUT2D eigenvalue weighted by Crippen LogP contribution is -2.07. The number of ether oxygens (including phenoxy) is 1. The topological polar surface area (TPSA) is 60.7 Å². The van der Waals surface area contributed by atoms with Crippen LogP contribution in [0.4, 0.5) is 0 Å². The second-order valence-electron chi connectivity index (χ2n) is 4.04. The van der Waals surface area contributed by atoms with Crippen molar-refractivity contribution < 1.29 is 14.3 Å². The molecule has 0 unspecified atom stereocenters. The van der Waals surface area contributed by atoms with Crippen LogP contribution in [0.25, 0.3) is 5.65 Å². The summed E-state index contributed by atoms with van der Waals surface area (Å²) >= 11 is 0. The van der Waals surface area contributed by atoms with E-state index in [0.29, 0.717) is 23.5 Å². The molecule has 0 aliphatic heterocycles. The van der Waals surface area contributed by atoms with Gasteiger partial charge in [-0.2, -0.15) is 0 Å². The summed E-state index contributed by atoms with van der Waals surface area (Å²) in [7, 11) is 0. The molecule has 0 atom stereocenters. The van der Waals surface area contributed by atoms with Crippen molar-refractivity contribution >= 4 is 17.9 Å². The second-order valence-corrected chi connectivity index (χ2v) is 4.04. The third-order valence-corrected chi connectivity index (χ3v) is 2.52. The molecule has 94 valence electrons. The first-order valence-electron chi connectivity index (χ1n) is 5.73. The van der Waals surface area contributed by atoms with Crippen molar-refractivity contribution in [3.05, 3.63) is 35.3 Å². The van der Waals surface area contributed by atoms with E-state index in [2.05, 4.69) is 4.98 Å². The van der Waals surface area contributed by atoms with Crippen LogP contribution in [-0.2, 0) is 16.0 Å². The van der Waals surface area contributed by atoms with Crippen LogP contribution in [0, 0.1) is 6.92 Å². The van der Waals surface area contributed by atoms with Gasteiger partial charge in [-0.3, -0.25) is 9.59 Å². The predicted octanol–water partition coefficient (Wildman–Crippen LogP) is 1.56. The molecule has 0 bridgehead atoms. The number of fused-ring (bicyclic) bond motifs is 1. The molecule has 0 radical (unpaired) electrons. The van der Waals surface area contributed by atoms with E-state index >= 15 is 0 Å². The molecule has 0 spiro atoms. The van der Waals surface area contributed by atoms with Gasteiger partial charge in [0.15, 0.2) is 6.29 Å². The van der Waals surface area contributed by atoms with E-state index < -0.39 is 0 Å². The number of hydrogen-bond donors (Lipinski definition) is 0. The van der Waals surface area contributed by atoms with Gasteiger partial charge in [0.1, 0.15) is 5.65 Å². The van der Waals surface area contributed by atoms with Gasteiger partial charge in [0.05, 0.1) is 24.3 Å². The number of aryl methyl sites for hydroxylation is 1. The summed E-state index contributed by atoms with van der Waals surface area (Å²) in [4.78, 5) is 26.6. The van der Waals surface area contributed by atoms with E-state index in [1.165, 1.54) is 0 Å². The van der Waals surface area contributed by atoms with E-state index in [0.717, 1.165) is 11.8 Å². The van der Waals surface area contributed by atoms with Gasteiger partial charge in [-0.05, 0) is 25.5 Å². The van der Waals surface area contributed by atoms with Crippen molar-refractivity contribution in [2.75, 3.05) is 6.61 Å². The molecule has 2 heterocycles. The molecule has 0 saturated heterocycles. The number of pyridine rings is 1. The van der Waals surface area contributed by atoms with Gasteiger partial charge < -0.3 is 9.14 Å². The monoisotopic (exact) mass is 246 g/mol. The van der Waals surface area contributed by atoms with Gasteiger partial charge in [-0.1, -0.05) is 0 Å². The fourth-order valence-electron chi connectivity index (χ4n) is 1.85. The smallest absolute Gasteiger partial charge is 0.311 e. The molecule has 0 fully saturated rings. The fourth-order valence-corrected chi connectivity index (χ4v) is 1.85. The number of aromatic nitrogens is 2. The molecule has 0 aromatic carbocycles. The van der Waals surface area contributed by atoms with E-state index in [9.17, 15) is 9.59 Å². The summed E-state index contributed by atoms with van der Waals surface area (Å²) in [6.07, 6.45) is 4.49. The normalized spacial score (nSPS) is 10.6. The van der Waals surface area contributed by atoms with Gasteiger partial charge in [0.2, 0.25) is 0 Å². The quantitative estimate of drug-likeness (QED) is 0.606. The number of carbonyl (C=O) groups excluding carboxylic acids is 2. The van der Waals surface area contributed by atoms with Crippen molar-refractivity contribution in [3.8, 4) is 0 Å². The number of nitrogens with zero attached hydrogens (tertiary/aromatic N) is 2. The zero-order valence-corrected chi connectivity index (χ0v) is 10.3. The molecular formula is C13H14N2O3. The summed E-state index contributed by atoms with van der Waals surface area (Å²) in [5, 5.41) is 0. The zero-order chi connectivity index (χ0) is 13.1. The summed E-state index contributed by atoms with van der Waals surface area (Å²) in [6.45, 7) is 4.01. The number of imidazole rings is 1. The van der Waals surface area contributed by atoms with Crippen LogP contribution >= 0.6 is 0 Å². The first-order valence-corrected chi connectivity index (χ1v) is 5.73. The van der Waals surface area contributed by atoms with Crippen LogP contribution in [0.2, 0.25) is 0 Å². The van der Waals surface area contributed by atoms with Crippen LogP contribution < -0.4 is 0 Å². The Balaban J connectivity index is 2.38. The molecule has 2 aromatic rings. The largest absolute Gasteiger partial charge is 0.466 e. The Morgan fingerprint density at radius 2 is 2.28 bits per heavy atom. The number of esters is 1. The average molecular weight is 246 g/mol. The van der Waals surface area contributed by atoms with Gasteiger partial charge in [-0.15, -0.1) is 0 Å². The Bertz CT molecular complexity index is 602. The molecular weight excluding hydrogens is 232 g/mol. The Morgan fingerprint density at radius 1 is 1.50 bits per heavy atom. The van der Waals surface area contributed by atoms with Gasteiger partial charge in [0.25, 0.3) is 0 Å². The van der Waals surface area contributed by atoms with E-state index in [1.807, 2.05) is 13.1 Å². The standard InChI is InChI=1S/C13H14N2O3/c1-3-18-12(17)5-11-7-15-6-9(2)4-10(8-16)13(15)14-11/h4,6-8H,3,5H2,1-2H3. The Morgan fingerprint density at radius 3 is 2.94 bits per heavy atom. The van der Waals surface area contributed by atoms with Crippen molar-refractivity contribution in [1.82, 2.24) is 9.38 Å². The molecule has 0 aliphatic carbocycles. The van der Waals surface area contributed by atoms with Gasteiger partial charge >= 0.3 is 5.97 Å². The maximum Gasteiger partial charge on any atom is 0.311 e. The number of carbonyl (C=O) groups is 2. The average Bonchev–Trinajstić information content (AvgIpc) is 2.70. The first kappa shape index (κ1) is 12.3. The molecule has 0 aliphatic rings. The lowest BCUT2D eigenvalue weighted by Gasteiger charge is -1.98. The van der Waals surface area contributed by atoms with E-state index in [-0.39, 0.29) is 12.4 Å². The lowest BCUT2D eigenvalue weighted by atomic mass is 10.2. The molecule has 18 heavy (non-hydrogen) atoms. The third kappa shape index (κ3) is 2.40. The van der Waals surface area contributed by atoms with Crippen LogP contribution in [0.1, 0.15) is 28.5 Å². The Hall–Kier alpha value is -2.17. The highest BCUT2D eigenvalue weighted by Crippen LogP contribution is 2.12. The van der Waals surface area contributed by atoms with Crippen molar-refractivity contribution in [1.29, 1.82) is 0 Å². The highest BCUT2D eigenvalue weighted by Gasteiger charge is 2.10. The summed E-state index contributed by atoms with van der Waals surface area (Å²) in [6, 6.07) is 1.77. The van der Waals surface area contributed by atoms with Crippen molar-refractivity contribution in [2.45, 2.75) is 20.3 Å². The molecule has 0 saturated carbocycles. The first-order chi connectivity index (χ1) is 8.63. The summed E-state index contributed by atoms with van der Waals surface area (Å²) in [5.74, 6) is -0.315. The Labute approximate surface area is 104 Å². The van der Waals surface area contributed by atoms with Crippen LogP contribution in [0.5, 0.6) is 0 Å². The minimum Gasteiger partial charge on any atom is -0.466 e. The van der Waals surface area contributed by atoms with Crippen LogP contribution in [-0.4, -0.2) is 28.2 Å².